The molecule has 19 heavy (non-hydrogen) atoms. The molecule has 2 aromatic rings. The Bertz CT molecular complexity index is 630. The first-order valence-electron chi connectivity index (χ1n) is 5.46. The molecule has 0 atom stereocenters. The third kappa shape index (κ3) is 2.87. The van der Waals surface area contributed by atoms with Crippen LogP contribution in [-0.4, -0.2) is 18.1 Å². The standard InChI is InChI=1S/C14H10N2O3/c1-18-14(17)10-4-6-11(7-5-10)19-13-3-2-8-16-12(13)9-15/h2-8H,1H3. The van der Waals surface area contributed by atoms with Gasteiger partial charge < -0.3 is 9.47 Å². The summed E-state index contributed by atoms with van der Waals surface area (Å²) in [6.07, 6.45) is 1.52. The van der Waals surface area contributed by atoms with Gasteiger partial charge in [0.05, 0.1) is 12.7 Å². The zero-order valence-electron chi connectivity index (χ0n) is 10.2. The molecule has 0 unspecified atom stereocenters. The monoisotopic (exact) mass is 254 g/mol. The number of nitriles is 1. The van der Waals surface area contributed by atoms with Gasteiger partial charge in [-0.2, -0.15) is 5.26 Å². The first-order valence-corrected chi connectivity index (χ1v) is 5.46. The van der Waals surface area contributed by atoms with Gasteiger partial charge in [-0.1, -0.05) is 0 Å². The van der Waals surface area contributed by atoms with Gasteiger partial charge in [0.25, 0.3) is 0 Å². The predicted octanol–water partition coefficient (Wildman–Crippen LogP) is 2.53. The van der Waals surface area contributed by atoms with Gasteiger partial charge in [-0.05, 0) is 36.4 Å². The molecule has 0 aliphatic rings. The number of aromatic nitrogens is 1. The molecule has 0 amide bonds. The van der Waals surface area contributed by atoms with Crippen LogP contribution in [0.5, 0.6) is 11.5 Å². The highest BCUT2D eigenvalue weighted by atomic mass is 16.5. The smallest absolute Gasteiger partial charge is 0.337 e. The first-order chi connectivity index (χ1) is 9.24. The number of hydrogen-bond acceptors (Lipinski definition) is 5. The second kappa shape index (κ2) is 5.65. The van der Waals surface area contributed by atoms with Crippen LogP contribution in [0.25, 0.3) is 0 Å². The van der Waals surface area contributed by atoms with Gasteiger partial charge in [0.2, 0.25) is 0 Å². The van der Waals surface area contributed by atoms with E-state index in [0.29, 0.717) is 17.1 Å². The number of esters is 1. The molecule has 1 aromatic heterocycles. The molecule has 0 spiro atoms. The Hall–Kier alpha value is -2.87. The molecule has 1 aromatic carbocycles. The Morgan fingerprint density at radius 3 is 2.63 bits per heavy atom. The molecule has 0 fully saturated rings. The van der Waals surface area contributed by atoms with E-state index in [-0.39, 0.29) is 5.69 Å². The maximum Gasteiger partial charge on any atom is 0.337 e. The summed E-state index contributed by atoms with van der Waals surface area (Å²) < 4.78 is 10.1. The van der Waals surface area contributed by atoms with Crippen molar-refractivity contribution in [3.05, 3.63) is 53.9 Å². The normalized spacial score (nSPS) is 9.47. The summed E-state index contributed by atoms with van der Waals surface area (Å²) in [4.78, 5) is 15.2. The minimum atomic E-state index is -0.411. The molecule has 0 saturated heterocycles. The molecular formula is C14H10N2O3. The Kier molecular flexibility index (Phi) is 3.74. The van der Waals surface area contributed by atoms with Crippen molar-refractivity contribution in [1.29, 1.82) is 5.26 Å². The Morgan fingerprint density at radius 2 is 2.00 bits per heavy atom. The van der Waals surface area contributed by atoms with Crippen molar-refractivity contribution in [3.63, 3.8) is 0 Å². The molecule has 0 bridgehead atoms. The van der Waals surface area contributed by atoms with Crippen molar-refractivity contribution in [2.24, 2.45) is 0 Å². The summed E-state index contributed by atoms with van der Waals surface area (Å²) in [6.45, 7) is 0. The van der Waals surface area contributed by atoms with Crippen LogP contribution in [-0.2, 0) is 4.74 Å². The number of hydrogen-bond donors (Lipinski definition) is 0. The molecule has 0 N–H and O–H groups in total. The average Bonchev–Trinajstić information content (AvgIpc) is 2.48. The van der Waals surface area contributed by atoms with E-state index < -0.39 is 5.97 Å². The molecule has 0 radical (unpaired) electrons. The summed E-state index contributed by atoms with van der Waals surface area (Å²) in [5.41, 5.74) is 0.640. The van der Waals surface area contributed by atoms with E-state index in [1.54, 1.807) is 36.4 Å². The maximum absolute atomic E-state index is 11.3. The zero-order chi connectivity index (χ0) is 13.7. The van der Waals surface area contributed by atoms with Crippen molar-refractivity contribution in [2.75, 3.05) is 7.11 Å². The second-order valence-electron chi connectivity index (χ2n) is 3.58. The van der Waals surface area contributed by atoms with Gasteiger partial charge in [0.1, 0.15) is 11.8 Å². The van der Waals surface area contributed by atoms with E-state index in [2.05, 4.69) is 9.72 Å². The lowest BCUT2D eigenvalue weighted by Gasteiger charge is -2.06. The number of pyridine rings is 1. The van der Waals surface area contributed by atoms with E-state index >= 15 is 0 Å². The Morgan fingerprint density at radius 1 is 1.26 bits per heavy atom. The number of rotatable bonds is 3. The van der Waals surface area contributed by atoms with Crippen LogP contribution in [0.1, 0.15) is 16.1 Å². The number of ether oxygens (including phenoxy) is 2. The number of benzene rings is 1. The largest absolute Gasteiger partial charge is 0.465 e. The van der Waals surface area contributed by atoms with Crippen molar-refractivity contribution < 1.29 is 14.3 Å². The van der Waals surface area contributed by atoms with Gasteiger partial charge in [-0.15, -0.1) is 0 Å². The summed E-state index contributed by atoms with van der Waals surface area (Å²) in [5.74, 6) is 0.471. The summed E-state index contributed by atoms with van der Waals surface area (Å²) in [6, 6.07) is 11.7. The Balaban J connectivity index is 2.20. The SMILES string of the molecule is COC(=O)c1ccc(Oc2cccnc2C#N)cc1. The third-order valence-corrected chi connectivity index (χ3v) is 2.38. The molecule has 1 heterocycles. The minimum absolute atomic E-state index is 0.208. The van der Waals surface area contributed by atoms with Gasteiger partial charge in [-0.25, -0.2) is 9.78 Å². The van der Waals surface area contributed by atoms with Crippen LogP contribution in [0.2, 0.25) is 0 Å². The van der Waals surface area contributed by atoms with E-state index in [1.165, 1.54) is 13.3 Å². The van der Waals surface area contributed by atoms with Gasteiger partial charge in [0.15, 0.2) is 11.4 Å². The zero-order valence-corrected chi connectivity index (χ0v) is 10.2. The van der Waals surface area contributed by atoms with E-state index in [1.807, 2.05) is 6.07 Å². The molecular weight excluding hydrogens is 244 g/mol. The Labute approximate surface area is 110 Å². The number of carbonyl (C=O) groups excluding carboxylic acids is 1. The molecule has 2 rings (SSSR count). The van der Waals surface area contributed by atoms with Gasteiger partial charge >= 0.3 is 5.97 Å². The summed E-state index contributed by atoms with van der Waals surface area (Å²) in [7, 11) is 1.32. The predicted molar refractivity (Wildman–Crippen MR) is 66.8 cm³/mol. The van der Waals surface area contributed by atoms with Crippen molar-refractivity contribution in [1.82, 2.24) is 4.98 Å². The highest BCUT2D eigenvalue weighted by Gasteiger charge is 2.07. The molecule has 94 valence electrons. The lowest BCUT2D eigenvalue weighted by atomic mass is 10.2. The number of carbonyl (C=O) groups is 1. The fraction of sp³-hybridized carbons (Fsp3) is 0.0714. The van der Waals surface area contributed by atoms with E-state index in [4.69, 9.17) is 10.00 Å². The molecule has 0 saturated carbocycles. The maximum atomic E-state index is 11.3. The molecule has 5 heteroatoms. The van der Waals surface area contributed by atoms with Crippen LogP contribution >= 0.6 is 0 Å². The fourth-order valence-corrected chi connectivity index (χ4v) is 1.46. The van der Waals surface area contributed by atoms with Crippen LogP contribution in [0.4, 0.5) is 0 Å². The highest BCUT2D eigenvalue weighted by Crippen LogP contribution is 2.23. The summed E-state index contributed by atoms with van der Waals surface area (Å²) in [5, 5.41) is 8.89. The van der Waals surface area contributed by atoms with Crippen LogP contribution in [0, 0.1) is 11.3 Å². The lowest BCUT2D eigenvalue weighted by Crippen LogP contribution is -2.00. The van der Waals surface area contributed by atoms with E-state index in [9.17, 15) is 4.79 Å². The van der Waals surface area contributed by atoms with Crippen molar-refractivity contribution in [2.45, 2.75) is 0 Å². The summed E-state index contributed by atoms with van der Waals surface area (Å²) >= 11 is 0. The number of nitrogens with zero attached hydrogens (tertiary/aromatic N) is 2. The number of methoxy groups -OCH3 is 1. The van der Waals surface area contributed by atoms with E-state index in [0.717, 1.165) is 0 Å². The quantitative estimate of drug-likeness (QED) is 0.787. The molecule has 5 nitrogen and oxygen atoms in total. The lowest BCUT2D eigenvalue weighted by molar-refractivity contribution is 0.0600. The van der Waals surface area contributed by atoms with Crippen LogP contribution in [0.3, 0.4) is 0 Å². The highest BCUT2D eigenvalue weighted by molar-refractivity contribution is 5.89. The molecule has 0 aliphatic carbocycles. The first kappa shape index (κ1) is 12.6. The second-order valence-corrected chi connectivity index (χ2v) is 3.58. The topological polar surface area (TPSA) is 72.2 Å². The minimum Gasteiger partial charge on any atom is -0.465 e. The molecule has 0 aliphatic heterocycles. The third-order valence-electron chi connectivity index (χ3n) is 2.38. The van der Waals surface area contributed by atoms with Gasteiger partial charge in [0, 0.05) is 6.20 Å². The van der Waals surface area contributed by atoms with Crippen molar-refractivity contribution >= 4 is 5.97 Å². The van der Waals surface area contributed by atoms with Crippen LogP contribution < -0.4 is 4.74 Å². The van der Waals surface area contributed by atoms with Crippen LogP contribution in [0.15, 0.2) is 42.6 Å². The average molecular weight is 254 g/mol. The fourth-order valence-electron chi connectivity index (χ4n) is 1.46. The van der Waals surface area contributed by atoms with Gasteiger partial charge in [-0.3, -0.25) is 0 Å². The van der Waals surface area contributed by atoms with Crippen molar-refractivity contribution in [3.8, 4) is 17.6 Å².